The van der Waals surface area contributed by atoms with E-state index in [1.54, 1.807) is 19.5 Å². The topological polar surface area (TPSA) is 61.0 Å². The van der Waals surface area contributed by atoms with E-state index in [2.05, 4.69) is 9.97 Å². The molecule has 0 aliphatic carbocycles. The van der Waals surface area contributed by atoms with Crippen molar-refractivity contribution in [3.63, 3.8) is 0 Å². The Morgan fingerprint density at radius 2 is 1.94 bits per heavy atom. The third-order valence-electron chi connectivity index (χ3n) is 2.59. The van der Waals surface area contributed by atoms with Gasteiger partial charge in [0, 0.05) is 17.0 Å². The molecule has 0 atom stereocenters. The number of ether oxygens (including phenoxy) is 1. The number of nitrogen functional groups attached to an aromatic ring is 1. The summed E-state index contributed by atoms with van der Waals surface area (Å²) in [5.74, 6) is 1.50. The van der Waals surface area contributed by atoms with Crippen LogP contribution in [0.4, 0.5) is 5.69 Å². The molecule has 0 radical (unpaired) electrons. The van der Waals surface area contributed by atoms with Crippen LogP contribution in [0.25, 0.3) is 0 Å². The standard InChI is InChI=1S/C13H14ClN3O/c1-8-3-10(14)4-9(13(8)18-2)5-12-16-6-11(15)7-17-12/h3-4,6-7H,5,15H2,1-2H3. The highest BCUT2D eigenvalue weighted by Gasteiger charge is 2.10. The molecule has 94 valence electrons. The molecule has 0 bridgehead atoms. The quantitative estimate of drug-likeness (QED) is 0.925. The summed E-state index contributed by atoms with van der Waals surface area (Å²) in [5, 5.41) is 0.679. The second kappa shape index (κ2) is 5.23. The van der Waals surface area contributed by atoms with E-state index in [4.69, 9.17) is 22.1 Å². The van der Waals surface area contributed by atoms with Crippen LogP contribution in [-0.4, -0.2) is 17.1 Å². The maximum atomic E-state index is 6.05. The lowest BCUT2D eigenvalue weighted by Crippen LogP contribution is -2.01. The second-order valence-corrected chi connectivity index (χ2v) is 4.46. The van der Waals surface area contributed by atoms with Crippen LogP contribution < -0.4 is 10.5 Å². The lowest BCUT2D eigenvalue weighted by atomic mass is 10.1. The predicted molar refractivity (Wildman–Crippen MR) is 72.0 cm³/mol. The average molecular weight is 264 g/mol. The number of halogens is 1. The SMILES string of the molecule is COc1c(C)cc(Cl)cc1Cc1ncc(N)cn1. The predicted octanol–water partition coefficient (Wildman–Crippen LogP) is 2.62. The van der Waals surface area contributed by atoms with Crippen molar-refractivity contribution < 1.29 is 4.74 Å². The molecule has 2 N–H and O–H groups in total. The summed E-state index contributed by atoms with van der Waals surface area (Å²) in [6, 6.07) is 3.74. The smallest absolute Gasteiger partial charge is 0.132 e. The van der Waals surface area contributed by atoms with Gasteiger partial charge in [-0.2, -0.15) is 0 Å². The van der Waals surface area contributed by atoms with Gasteiger partial charge in [-0.1, -0.05) is 11.6 Å². The van der Waals surface area contributed by atoms with E-state index in [-0.39, 0.29) is 0 Å². The number of anilines is 1. The van der Waals surface area contributed by atoms with E-state index in [1.165, 1.54) is 0 Å². The number of benzene rings is 1. The number of hydrogen-bond donors (Lipinski definition) is 1. The number of methoxy groups -OCH3 is 1. The van der Waals surface area contributed by atoms with Crippen LogP contribution in [0.5, 0.6) is 5.75 Å². The molecule has 1 aromatic heterocycles. The molecule has 18 heavy (non-hydrogen) atoms. The summed E-state index contributed by atoms with van der Waals surface area (Å²) >= 11 is 6.05. The van der Waals surface area contributed by atoms with Crippen LogP contribution in [0.2, 0.25) is 5.02 Å². The average Bonchev–Trinajstić information content (AvgIpc) is 2.32. The zero-order valence-corrected chi connectivity index (χ0v) is 11.0. The van der Waals surface area contributed by atoms with Gasteiger partial charge in [-0.3, -0.25) is 0 Å². The van der Waals surface area contributed by atoms with Gasteiger partial charge in [-0.15, -0.1) is 0 Å². The molecule has 0 aliphatic heterocycles. The Kier molecular flexibility index (Phi) is 3.67. The van der Waals surface area contributed by atoms with Crippen molar-refractivity contribution in [2.45, 2.75) is 13.3 Å². The second-order valence-electron chi connectivity index (χ2n) is 4.02. The van der Waals surface area contributed by atoms with Gasteiger partial charge in [0.05, 0.1) is 25.2 Å². The third kappa shape index (κ3) is 2.71. The highest BCUT2D eigenvalue weighted by Crippen LogP contribution is 2.28. The van der Waals surface area contributed by atoms with Gasteiger partial charge in [-0.25, -0.2) is 9.97 Å². The highest BCUT2D eigenvalue weighted by molar-refractivity contribution is 6.30. The largest absolute Gasteiger partial charge is 0.496 e. The first-order valence-electron chi connectivity index (χ1n) is 5.49. The fourth-order valence-corrected chi connectivity index (χ4v) is 2.14. The van der Waals surface area contributed by atoms with Gasteiger partial charge in [0.15, 0.2) is 0 Å². The number of nitrogens with two attached hydrogens (primary N) is 1. The van der Waals surface area contributed by atoms with E-state index in [0.717, 1.165) is 16.9 Å². The number of hydrogen-bond acceptors (Lipinski definition) is 4. The lowest BCUT2D eigenvalue weighted by Gasteiger charge is -2.11. The van der Waals surface area contributed by atoms with Gasteiger partial charge >= 0.3 is 0 Å². The summed E-state index contributed by atoms with van der Waals surface area (Å²) in [6.07, 6.45) is 3.74. The van der Waals surface area contributed by atoms with Gasteiger partial charge in [0.2, 0.25) is 0 Å². The molecule has 1 heterocycles. The highest BCUT2D eigenvalue weighted by atomic mass is 35.5. The minimum absolute atomic E-state index is 0.549. The number of nitrogens with zero attached hydrogens (tertiary/aromatic N) is 2. The van der Waals surface area contributed by atoms with Crippen molar-refractivity contribution in [3.05, 3.63) is 46.5 Å². The van der Waals surface area contributed by atoms with E-state index in [0.29, 0.717) is 23.0 Å². The number of aryl methyl sites for hydroxylation is 1. The summed E-state index contributed by atoms with van der Waals surface area (Å²) in [5.41, 5.74) is 8.06. The molecule has 5 heteroatoms. The van der Waals surface area contributed by atoms with E-state index in [9.17, 15) is 0 Å². The first-order chi connectivity index (χ1) is 8.60. The Labute approximate surface area is 111 Å². The first-order valence-corrected chi connectivity index (χ1v) is 5.87. The molecular weight excluding hydrogens is 250 g/mol. The molecule has 0 fully saturated rings. The van der Waals surface area contributed by atoms with Gasteiger partial charge < -0.3 is 10.5 Å². The summed E-state index contributed by atoms with van der Waals surface area (Å²) in [4.78, 5) is 8.35. The van der Waals surface area contributed by atoms with Gasteiger partial charge in [-0.05, 0) is 24.6 Å². The summed E-state index contributed by atoms with van der Waals surface area (Å²) in [7, 11) is 1.64. The van der Waals surface area contributed by atoms with Crippen molar-refractivity contribution in [1.29, 1.82) is 0 Å². The molecule has 1 aromatic carbocycles. The van der Waals surface area contributed by atoms with Gasteiger partial charge in [0.25, 0.3) is 0 Å². The van der Waals surface area contributed by atoms with Crippen molar-refractivity contribution in [2.24, 2.45) is 0 Å². The molecule has 0 saturated heterocycles. The van der Waals surface area contributed by atoms with Crippen LogP contribution in [0.15, 0.2) is 24.5 Å². The van der Waals surface area contributed by atoms with Crippen LogP contribution in [-0.2, 0) is 6.42 Å². The Hall–Kier alpha value is -1.81. The zero-order chi connectivity index (χ0) is 13.1. The molecule has 2 aromatic rings. The monoisotopic (exact) mass is 263 g/mol. The minimum atomic E-state index is 0.549. The zero-order valence-electron chi connectivity index (χ0n) is 10.3. The first kappa shape index (κ1) is 12.6. The molecule has 0 unspecified atom stereocenters. The Bertz CT molecular complexity index is 555. The van der Waals surface area contributed by atoms with Gasteiger partial charge in [0.1, 0.15) is 11.6 Å². The Morgan fingerprint density at radius 1 is 1.28 bits per heavy atom. The summed E-state index contributed by atoms with van der Waals surface area (Å²) < 4.78 is 5.39. The van der Waals surface area contributed by atoms with Crippen molar-refractivity contribution in [2.75, 3.05) is 12.8 Å². The maximum absolute atomic E-state index is 6.05. The lowest BCUT2D eigenvalue weighted by molar-refractivity contribution is 0.407. The fraction of sp³-hybridized carbons (Fsp3) is 0.231. The molecular formula is C13H14ClN3O. The minimum Gasteiger partial charge on any atom is -0.496 e. The van der Waals surface area contributed by atoms with Crippen molar-refractivity contribution >= 4 is 17.3 Å². The molecule has 0 spiro atoms. The number of rotatable bonds is 3. The van der Waals surface area contributed by atoms with Crippen LogP contribution in [0.3, 0.4) is 0 Å². The van der Waals surface area contributed by atoms with E-state index in [1.807, 2.05) is 19.1 Å². The van der Waals surface area contributed by atoms with Crippen LogP contribution in [0.1, 0.15) is 17.0 Å². The van der Waals surface area contributed by atoms with Crippen LogP contribution in [0, 0.1) is 6.92 Å². The van der Waals surface area contributed by atoms with Crippen molar-refractivity contribution in [3.8, 4) is 5.75 Å². The molecule has 0 amide bonds. The molecule has 0 saturated carbocycles. The molecule has 0 aliphatic rings. The Morgan fingerprint density at radius 3 is 2.56 bits per heavy atom. The molecule has 2 rings (SSSR count). The van der Waals surface area contributed by atoms with Crippen molar-refractivity contribution in [1.82, 2.24) is 9.97 Å². The van der Waals surface area contributed by atoms with Crippen LogP contribution >= 0.6 is 11.6 Å². The third-order valence-corrected chi connectivity index (χ3v) is 2.81. The van der Waals surface area contributed by atoms with E-state index >= 15 is 0 Å². The van der Waals surface area contributed by atoms with E-state index < -0.39 is 0 Å². The Balaban J connectivity index is 2.36. The molecule has 4 nitrogen and oxygen atoms in total. The maximum Gasteiger partial charge on any atom is 0.132 e. The normalized spacial score (nSPS) is 10.4. The fourth-order valence-electron chi connectivity index (χ4n) is 1.85. The summed E-state index contributed by atoms with van der Waals surface area (Å²) in [6.45, 7) is 1.96. The number of aromatic nitrogens is 2.